The van der Waals surface area contributed by atoms with Crippen molar-refractivity contribution in [3.63, 3.8) is 0 Å². The molecule has 0 unspecified atom stereocenters. The van der Waals surface area contributed by atoms with Crippen LogP contribution in [0.25, 0.3) is 0 Å². The average molecular weight is 362 g/mol. The summed E-state index contributed by atoms with van der Waals surface area (Å²) >= 11 is 8.81. The number of rotatable bonds is 2. The molecule has 4 bridgehead atoms. The number of fused-ring (bicyclic) bond motifs is 1. The summed E-state index contributed by atoms with van der Waals surface area (Å²) in [6.45, 7) is 0. The van der Waals surface area contributed by atoms with E-state index in [1.54, 1.807) is 0 Å². The molecule has 128 valence electrons. The molecule has 1 heterocycles. The van der Waals surface area contributed by atoms with Crippen molar-refractivity contribution in [1.29, 1.82) is 0 Å². The summed E-state index contributed by atoms with van der Waals surface area (Å²) in [4.78, 5) is 14.6. The normalized spacial score (nSPS) is 42.6. The minimum absolute atomic E-state index is 0.0955. The predicted molar refractivity (Wildman–Crippen MR) is 98.4 cm³/mol. The molecule has 0 spiro atoms. The van der Waals surface area contributed by atoms with E-state index in [1.807, 2.05) is 11.8 Å². The van der Waals surface area contributed by atoms with Gasteiger partial charge >= 0.3 is 0 Å². The molecule has 1 aromatic carbocycles. The second kappa shape index (κ2) is 5.41. The third kappa shape index (κ3) is 2.42. The Balaban J connectivity index is 1.40. The van der Waals surface area contributed by atoms with Gasteiger partial charge in [-0.3, -0.25) is 4.79 Å². The maximum absolute atomic E-state index is 13.3. The number of hydrogen-bond donors (Lipinski definition) is 1. The fourth-order valence-electron chi connectivity index (χ4n) is 6.22. The Morgan fingerprint density at radius 1 is 1.17 bits per heavy atom. The number of hydrogen-bond acceptors (Lipinski definition) is 2. The molecule has 0 aromatic heterocycles. The fraction of sp³-hybridized carbons (Fsp3) is 0.650. The van der Waals surface area contributed by atoms with Gasteiger partial charge in [-0.05, 0) is 68.4 Å². The number of halogens is 1. The summed E-state index contributed by atoms with van der Waals surface area (Å²) in [5, 5.41) is 3.44. The Bertz CT molecular complexity index is 676. The standard InChI is InChI=1S/C20H24ClNOS/c21-20-10-13-7-14(11-20)9-19(8-13,12-20)18(23)22-16-5-6-24-17-4-2-1-3-15(16)17/h1-4,13-14,16H,5-12H2,(H,22,23)/t13-,14-,16-,19?,20?/m0/s1. The van der Waals surface area contributed by atoms with Crippen LogP contribution in [0.5, 0.6) is 0 Å². The monoisotopic (exact) mass is 361 g/mol. The van der Waals surface area contributed by atoms with Crippen LogP contribution in [0.1, 0.15) is 56.6 Å². The van der Waals surface area contributed by atoms with Crippen molar-refractivity contribution in [3.05, 3.63) is 29.8 Å². The number of carbonyl (C=O) groups excluding carboxylic acids is 1. The van der Waals surface area contributed by atoms with Gasteiger partial charge in [-0.15, -0.1) is 23.4 Å². The van der Waals surface area contributed by atoms with Crippen molar-refractivity contribution in [2.75, 3.05) is 5.75 Å². The molecule has 4 saturated carbocycles. The van der Waals surface area contributed by atoms with Gasteiger partial charge in [0.2, 0.25) is 5.91 Å². The molecule has 5 aliphatic rings. The van der Waals surface area contributed by atoms with Crippen molar-refractivity contribution in [2.45, 2.75) is 60.8 Å². The van der Waals surface area contributed by atoms with Crippen LogP contribution in [-0.4, -0.2) is 16.5 Å². The topological polar surface area (TPSA) is 29.1 Å². The van der Waals surface area contributed by atoms with Crippen molar-refractivity contribution in [3.8, 4) is 0 Å². The average Bonchev–Trinajstić information content (AvgIpc) is 2.53. The highest BCUT2D eigenvalue weighted by Crippen LogP contribution is 2.64. The van der Waals surface area contributed by atoms with Gasteiger partial charge in [0, 0.05) is 15.5 Å². The summed E-state index contributed by atoms with van der Waals surface area (Å²) in [7, 11) is 0. The molecule has 1 aromatic rings. The van der Waals surface area contributed by atoms with E-state index < -0.39 is 0 Å². The number of thioether (sulfide) groups is 1. The van der Waals surface area contributed by atoms with Crippen LogP contribution in [0.4, 0.5) is 0 Å². The molecule has 4 heteroatoms. The molecular weight excluding hydrogens is 338 g/mol. The zero-order valence-corrected chi connectivity index (χ0v) is 15.5. The summed E-state index contributed by atoms with van der Waals surface area (Å²) < 4.78 is 0. The number of benzene rings is 1. The Labute approximate surface area is 153 Å². The SMILES string of the molecule is O=C(N[C@H]1CCSc2ccccc21)C12C[C@@H]3C[C@H](CC(Cl)(C3)C1)C2. The van der Waals surface area contributed by atoms with Gasteiger partial charge in [-0.25, -0.2) is 0 Å². The Kier molecular flexibility index (Phi) is 3.51. The van der Waals surface area contributed by atoms with E-state index in [-0.39, 0.29) is 22.2 Å². The second-order valence-corrected chi connectivity index (χ2v) is 10.5. The van der Waals surface area contributed by atoms with Gasteiger partial charge in [0.05, 0.1) is 11.5 Å². The van der Waals surface area contributed by atoms with Crippen LogP contribution in [0.3, 0.4) is 0 Å². The molecule has 24 heavy (non-hydrogen) atoms. The molecule has 4 aliphatic carbocycles. The molecule has 0 radical (unpaired) electrons. The summed E-state index contributed by atoms with van der Waals surface area (Å²) in [6.07, 6.45) is 7.60. The van der Waals surface area contributed by atoms with Crippen molar-refractivity contribution >= 4 is 29.3 Å². The minimum atomic E-state index is -0.189. The number of carbonyl (C=O) groups is 1. The van der Waals surface area contributed by atoms with Crippen LogP contribution in [0.15, 0.2) is 29.2 Å². The molecule has 1 N–H and O–H groups in total. The van der Waals surface area contributed by atoms with Crippen LogP contribution in [-0.2, 0) is 4.79 Å². The Hall–Kier alpha value is -0.670. The maximum Gasteiger partial charge on any atom is 0.226 e. The van der Waals surface area contributed by atoms with E-state index in [2.05, 4.69) is 29.6 Å². The van der Waals surface area contributed by atoms with Crippen molar-refractivity contribution in [1.82, 2.24) is 5.32 Å². The first-order valence-corrected chi connectivity index (χ1v) is 10.6. The Morgan fingerprint density at radius 3 is 2.67 bits per heavy atom. The zero-order valence-electron chi connectivity index (χ0n) is 13.9. The molecule has 4 fully saturated rings. The number of nitrogens with one attached hydrogen (secondary N) is 1. The van der Waals surface area contributed by atoms with Gasteiger partial charge in [0.15, 0.2) is 0 Å². The van der Waals surface area contributed by atoms with Crippen molar-refractivity contribution < 1.29 is 4.79 Å². The van der Waals surface area contributed by atoms with E-state index >= 15 is 0 Å². The number of amides is 1. The summed E-state index contributed by atoms with van der Waals surface area (Å²) in [6, 6.07) is 8.70. The van der Waals surface area contributed by atoms with Crippen LogP contribution in [0.2, 0.25) is 0 Å². The highest BCUT2D eigenvalue weighted by atomic mass is 35.5. The third-order valence-electron chi connectivity index (χ3n) is 6.74. The van der Waals surface area contributed by atoms with Gasteiger partial charge in [0.1, 0.15) is 0 Å². The van der Waals surface area contributed by atoms with E-state index in [9.17, 15) is 4.79 Å². The lowest BCUT2D eigenvalue weighted by Gasteiger charge is -2.59. The first kappa shape index (κ1) is 15.6. The van der Waals surface area contributed by atoms with Crippen LogP contribution >= 0.6 is 23.4 Å². The quantitative estimate of drug-likeness (QED) is 0.757. The highest BCUT2D eigenvalue weighted by Gasteiger charge is 2.60. The van der Waals surface area contributed by atoms with Crippen molar-refractivity contribution in [2.24, 2.45) is 17.3 Å². The molecule has 1 amide bonds. The molecular formula is C20H24ClNOS. The van der Waals surface area contributed by atoms with Crippen LogP contribution < -0.4 is 5.32 Å². The van der Waals surface area contributed by atoms with E-state index in [0.717, 1.165) is 44.3 Å². The lowest BCUT2D eigenvalue weighted by atomic mass is 9.49. The van der Waals surface area contributed by atoms with E-state index in [4.69, 9.17) is 11.6 Å². The van der Waals surface area contributed by atoms with Gasteiger partial charge in [-0.1, -0.05) is 18.2 Å². The molecule has 6 rings (SSSR count). The molecule has 0 saturated heterocycles. The Morgan fingerprint density at radius 2 is 1.92 bits per heavy atom. The lowest BCUT2D eigenvalue weighted by molar-refractivity contribution is -0.145. The first-order chi connectivity index (χ1) is 11.6. The fourth-order valence-corrected chi connectivity index (χ4v) is 8.04. The zero-order chi connectivity index (χ0) is 16.4. The lowest BCUT2D eigenvalue weighted by Crippen LogP contribution is -2.58. The third-order valence-corrected chi connectivity index (χ3v) is 8.30. The van der Waals surface area contributed by atoms with E-state index in [0.29, 0.717) is 11.8 Å². The summed E-state index contributed by atoms with van der Waals surface area (Å²) in [5.41, 5.74) is 1.11. The second-order valence-electron chi connectivity index (χ2n) is 8.59. The van der Waals surface area contributed by atoms with Gasteiger partial charge in [0.25, 0.3) is 0 Å². The maximum atomic E-state index is 13.3. The highest BCUT2D eigenvalue weighted by molar-refractivity contribution is 7.99. The van der Waals surface area contributed by atoms with Gasteiger partial charge in [-0.2, -0.15) is 0 Å². The molecule has 1 aliphatic heterocycles. The van der Waals surface area contributed by atoms with Gasteiger partial charge < -0.3 is 5.32 Å². The molecule has 3 atom stereocenters. The largest absolute Gasteiger partial charge is 0.349 e. The molecule has 2 nitrogen and oxygen atoms in total. The first-order valence-electron chi connectivity index (χ1n) is 9.27. The predicted octanol–water partition coefficient (Wildman–Crippen LogP) is 4.92. The van der Waals surface area contributed by atoms with Crippen LogP contribution in [0, 0.1) is 17.3 Å². The summed E-state index contributed by atoms with van der Waals surface area (Å²) in [5.74, 6) is 2.71. The minimum Gasteiger partial charge on any atom is -0.349 e. The smallest absolute Gasteiger partial charge is 0.226 e. The van der Waals surface area contributed by atoms with E-state index in [1.165, 1.54) is 16.9 Å². The number of alkyl halides is 1.